The van der Waals surface area contributed by atoms with Crippen molar-refractivity contribution in [1.82, 2.24) is 4.98 Å². The second-order valence-electron chi connectivity index (χ2n) is 2.71. The molecule has 0 aromatic carbocycles. The molecule has 1 unspecified atom stereocenters. The van der Waals surface area contributed by atoms with E-state index in [0.29, 0.717) is 0 Å². The van der Waals surface area contributed by atoms with E-state index in [1.807, 2.05) is 19.1 Å². The molecule has 0 bridgehead atoms. The third-order valence-corrected chi connectivity index (χ3v) is 1.92. The van der Waals surface area contributed by atoms with Crippen LogP contribution >= 0.6 is 15.9 Å². The van der Waals surface area contributed by atoms with E-state index < -0.39 is 0 Å². The average Bonchev–Trinajstić information content (AvgIpc) is 2.16. The molecule has 13 heavy (non-hydrogen) atoms. The zero-order valence-corrected chi connectivity index (χ0v) is 8.87. The Balaban J connectivity index is 2.72. The lowest BCUT2D eigenvalue weighted by molar-refractivity contribution is 0.266. The summed E-state index contributed by atoms with van der Waals surface area (Å²) in [5.41, 5.74) is 0.725. The Morgan fingerprint density at radius 2 is 2.38 bits per heavy atom. The molecule has 0 radical (unpaired) electrons. The molecule has 1 atom stereocenters. The van der Waals surface area contributed by atoms with E-state index in [1.165, 1.54) is 0 Å². The molecule has 0 fully saturated rings. The Kier molecular flexibility index (Phi) is 3.94. The Morgan fingerprint density at radius 1 is 1.62 bits per heavy atom. The molecule has 0 spiro atoms. The molecule has 3 heteroatoms. The normalized spacial score (nSPS) is 11.6. The maximum Gasteiger partial charge on any atom is 0.113 e. The second-order valence-corrected chi connectivity index (χ2v) is 3.63. The highest BCUT2D eigenvalue weighted by Gasteiger charge is 1.92. The van der Waals surface area contributed by atoms with Gasteiger partial charge in [0, 0.05) is 16.6 Å². The van der Waals surface area contributed by atoms with Crippen LogP contribution in [0.2, 0.25) is 0 Å². The van der Waals surface area contributed by atoms with Crippen LogP contribution in [0.4, 0.5) is 0 Å². The summed E-state index contributed by atoms with van der Waals surface area (Å²) in [4.78, 5) is 4.08. The van der Waals surface area contributed by atoms with Gasteiger partial charge in [0.05, 0.1) is 6.61 Å². The lowest BCUT2D eigenvalue weighted by atomic mass is 10.2. The van der Waals surface area contributed by atoms with Crippen LogP contribution < -0.4 is 0 Å². The van der Waals surface area contributed by atoms with Crippen molar-refractivity contribution in [3.8, 4) is 11.8 Å². The van der Waals surface area contributed by atoms with Gasteiger partial charge in [0.1, 0.15) is 5.69 Å². The van der Waals surface area contributed by atoms with Crippen LogP contribution in [0.3, 0.4) is 0 Å². The summed E-state index contributed by atoms with van der Waals surface area (Å²) in [6.45, 7) is 1.95. The van der Waals surface area contributed by atoms with E-state index in [2.05, 4.69) is 32.8 Å². The highest BCUT2D eigenvalue weighted by molar-refractivity contribution is 9.10. The van der Waals surface area contributed by atoms with Gasteiger partial charge in [-0.1, -0.05) is 5.92 Å². The minimum atomic E-state index is 0.00504. The first kappa shape index (κ1) is 10.2. The van der Waals surface area contributed by atoms with Crippen molar-refractivity contribution in [2.45, 2.75) is 6.92 Å². The molecule has 1 N–H and O–H groups in total. The first-order chi connectivity index (χ1) is 6.22. The van der Waals surface area contributed by atoms with Gasteiger partial charge in [0.25, 0.3) is 0 Å². The maximum absolute atomic E-state index is 8.73. The number of hydrogen-bond donors (Lipinski definition) is 1. The van der Waals surface area contributed by atoms with Gasteiger partial charge in [-0.15, -0.1) is 0 Å². The smallest absolute Gasteiger partial charge is 0.113 e. The lowest BCUT2D eigenvalue weighted by Gasteiger charge is -1.94. The molecular formula is C10H10BrNO. The van der Waals surface area contributed by atoms with Crippen LogP contribution in [-0.4, -0.2) is 16.7 Å². The van der Waals surface area contributed by atoms with Gasteiger partial charge in [0.15, 0.2) is 0 Å². The maximum atomic E-state index is 8.73. The first-order valence-corrected chi connectivity index (χ1v) is 4.75. The number of aliphatic hydroxyl groups is 1. The van der Waals surface area contributed by atoms with Gasteiger partial charge in [-0.2, -0.15) is 0 Å². The summed E-state index contributed by atoms with van der Waals surface area (Å²) in [7, 11) is 0. The number of rotatable bonds is 1. The van der Waals surface area contributed by atoms with Crippen molar-refractivity contribution in [3.05, 3.63) is 28.5 Å². The number of halogens is 1. The van der Waals surface area contributed by atoms with Crippen molar-refractivity contribution in [3.63, 3.8) is 0 Å². The fraction of sp³-hybridized carbons (Fsp3) is 0.300. The van der Waals surface area contributed by atoms with Gasteiger partial charge in [-0.3, -0.25) is 0 Å². The Morgan fingerprint density at radius 3 is 2.92 bits per heavy atom. The van der Waals surface area contributed by atoms with Gasteiger partial charge in [-0.25, -0.2) is 4.98 Å². The summed E-state index contributed by atoms with van der Waals surface area (Å²) >= 11 is 3.29. The van der Waals surface area contributed by atoms with Crippen LogP contribution in [0, 0.1) is 17.8 Å². The van der Waals surface area contributed by atoms with Crippen LogP contribution in [0.1, 0.15) is 12.6 Å². The number of hydrogen-bond acceptors (Lipinski definition) is 2. The fourth-order valence-electron chi connectivity index (χ4n) is 0.693. The minimum Gasteiger partial charge on any atom is -0.395 e. The average molecular weight is 240 g/mol. The molecule has 0 aliphatic carbocycles. The zero-order chi connectivity index (χ0) is 9.68. The molecule has 0 aliphatic rings. The van der Waals surface area contributed by atoms with Crippen LogP contribution in [-0.2, 0) is 0 Å². The van der Waals surface area contributed by atoms with Gasteiger partial charge in [-0.05, 0) is 40.9 Å². The van der Waals surface area contributed by atoms with Crippen LogP contribution in [0.25, 0.3) is 0 Å². The molecule has 0 amide bonds. The van der Waals surface area contributed by atoms with E-state index in [9.17, 15) is 0 Å². The third-order valence-electron chi connectivity index (χ3n) is 1.45. The predicted octanol–water partition coefficient (Wildman–Crippen LogP) is 1.82. The van der Waals surface area contributed by atoms with Crippen molar-refractivity contribution in [2.75, 3.05) is 6.61 Å². The van der Waals surface area contributed by atoms with Crippen molar-refractivity contribution < 1.29 is 5.11 Å². The van der Waals surface area contributed by atoms with E-state index in [4.69, 9.17) is 5.11 Å². The Bertz CT molecular complexity index is 323. The number of aromatic nitrogens is 1. The van der Waals surface area contributed by atoms with Gasteiger partial charge < -0.3 is 5.11 Å². The summed E-state index contributed by atoms with van der Waals surface area (Å²) in [5.74, 6) is 5.78. The quantitative estimate of drug-likeness (QED) is 0.759. The predicted molar refractivity (Wildman–Crippen MR) is 55.1 cm³/mol. The van der Waals surface area contributed by atoms with E-state index in [-0.39, 0.29) is 12.5 Å². The summed E-state index contributed by atoms with van der Waals surface area (Å²) in [5, 5.41) is 8.73. The summed E-state index contributed by atoms with van der Waals surface area (Å²) in [6.07, 6.45) is 1.70. The lowest BCUT2D eigenvalue weighted by Crippen LogP contribution is -1.95. The van der Waals surface area contributed by atoms with Gasteiger partial charge in [0.2, 0.25) is 0 Å². The van der Waals surface area contributed by atoms with E-state index in [1.54, 1.807) is 6.20 Å². The molecule has 1 aromatic heterocycles. The first-order valence-electron chi connectivity index (χ1n) is 3.96. The zero-order valence-electron chi connectivity index (χ0n) is 7.29. The highest BCUT2D eigenvalue weighted by atomic mass is 79.9. The summed E-state index contributed by atoms with van der Waals surface area (Å²) in [6, 6.07) is 3.72. The third kappa shape index (κ3) is 3.58. The topological polar surface area (TPSA) is 33.1 Å². The Hall–Kier alpha value is -0.850. The summed E-state index contributed by atoms with van der Waals surface area (Å²) < 4.78 is 0.938. The highest BCUT2D eigenvalue weighted by Crippen LogP contribution is 2.06. The molecule has 2 nitrogen and oxygen atoms in total. The molecule has 0 saturated carbocycles. The SMILES string of the molecule is CC(C#Cc1ccc(Br)cn1)CO. The molecule has 1 aromatic rings. The van der Waals surface area contributed by atoms with Gasteiger partial charge >= 0.3 is 0 Å². The van der Waals surface area contributed by atoms with E-state index in [0.717, 1.165) is 10.2 Å². The van der Waals surface area contributed by atoms with Crippen LogP contribution in [0.15, 0.2) is 22.8 Å². The molecule has 68 valence electrons. The molecule has 0 aliphatic heterocycles. The minimum absolute atomic E-state index is 0.00504. The van der Waals surface area contributed by atoms with Crippen molar-refractivity contribution in [1.29, 1.82) is 0 Å². The van der Waals surface area contributed by atoms with Crippen molar-refractivity contribution in [2.24, 2.45) is 5.92 Å². The molecule has 1 heterocycles. The molecule has 0 saturated heterocycles. The second kappa shape index (κ2) is 5.00. The van der Waals surface area contributed by atoms with Crippen LogP contribution in [0.5, 0.6) is 0 Å². The Labute approximate surface area is 86.1 Å². The number of nitrogens with zero attached hydrogens (tertiary/aromatic N) is 1. The monoisotopic (exact) mass is 239 g/mol. The van der Waals surface area contributed by atoms with Crippen molar-refractivity contribution >= 4 is 15.9 Å². The largest absolute Gasteiger partial charge is 0.395 e. The fourth-order valence-corrected chi connectivity index (χ4v) is 0.927. The molecular weight excluding hydrogens is 230 g/mol. The van der Waals surface area contributed by atoms with E-state index >= 15 is 0 Å². The number of aliphatic hydroxyl groups excluding tert-OH is 1. The standard InChI is InChI=1S/C10H10BrNO/c1-8(7-13)2-4-10-5-3-9(11)6-12-10/h3,5-6,8,13H,7H2,1H3. The number of pyridine rings is 1. The molecule has 1 rings (SSSR count).